The van der Waals surface area contributed by atoms with Gasteiger partial charge in [0, 0.05) is 26.8 Å². The smallest absolute Gasteiger partial charge is 0.0707 e. The van der Waals surface area contributed by atoms with E-state index in [1.807, 2.05) is 0 Å². The second-order valence-electron chi connectivity index (χ2n) is 6.41. The average Bonchev–Trinajstić information content (AvgIpc) is 2.95. The van der Waals surface area contributed by atoms with Crippen molar-refractivity contribution in [1.82, 2.24) is 5.32 Å². The molecule has 2 rings (SSSR count). The Morgan fingerprint density at radius 1 is 1.29 bits per heavy atom. The number of rotatable bonds is 7. The third kappa shape index (κ3) is 3.94. The van der Waals surface area contributed by atoms with E-state index < -0.39 is 0 Å². The Bertz CT molecular complexity index is 249. The van der Waals surface area contributed by atoms with Gasteiger partial charge in [0.1, 0.15) is 0 Å². The first-order valence-electron chi connectivity index (χ1n) is 6.93. The van der Waals surface area contributed by atoms with Crippen molar-refractivity contribution in [3.63, 3.8) is 0 Å². The van der Waals surface area contributed by atoms with Gasteiger partial charge < -0.3 is 14.8 Å². The van der Waals surface area contributed by atoms with Crippen LogP contribution in [0.1, 0.15) is 46.0 Å². The van der Waals surface area contributed by atoms with Gasteiger partial charge >= 0.3 is 0 Å². The third-order valence-electron chi connectivity index (χ3n) is 4.22. The molecule has 0 bridgehead atoms. The second-order valence-corrected chi connectivity index (χ2v) is 6.41. The molecule has 2 aliphatic rings. The lowest BCUT2D eigenvalue weighted by Gasteiger charge is -2.21. The van der Waals surface area contributed by atoms with E-state index in [2.05, 4.69) is 19.2 Å². The molecule has 2 fully saturated rings. The van der Waals surface area contributed by atoms with Crippen molar-refractivity contribution >= 4 is 0 Å². The third-order valence-corrected chi connectivity index (χ3v) is 4.22. The molecule has 0 aromatic rings. The zero-order chi connectivity index (χ0) is 12.4. The maximum atomic E-state index is 5.98. The molecule has 1 aliphatic carbocycles. The van der Waals surface area contributed by atoms with Crippen molar-refractivity contribution in [3.05, 3.63) is 0 Å². The molecule has 1 saturated carbocycles. The minimum Gasteiger partial charge on any atom is -0.385 e. The van der Waals surface area contributed by atoms with Crippen molar-refractivity contribution in [2.24, 2.45) is 5.41 Å². The van der Waals surface area contributed by atoms with Crippen molar-refractivity contribution in [3.8, 4) is 0 Å². The molecule has 3 heteroatoms. The first kappa shape index (κ1) is 13.3. The average molecular weight is 241 g/mol. The molecule has 1 aliphatic heterocycles. The number of hydrogen-bond acceptors (Lipinski definition) is 3. The van der Waals surface area contributed by atoms with Gasteiger partial charge in [-0.05, 0) is 51.4 Å². The van der Waals surface area contributed by atoms with E-state index in [4.69, 9.17) is 9.47 Å². The van der Waals surface area contributed by atoms with Crippen molar-refractivity contribution in [2.75, 3.05) is 26.8 Å². The summed E-state index contributed by atoms with van der Waals surface area (Å²) in [7, 11) is 1.79. The van der Waals surface area contributed by atoms with Gasteiger partial charge in [-0.3, -0.25) is 0 Å². The second kappa shape index (κ2) is 5.25. The summed E-state index contributed by atoms with van der Waals surface area (Å²) < 4.78 is 11.2. The highest BCUT2D eigenvalue weighted by Gasteiger charge is 2.41. The standard InChI is InChI=1S/C14H27NO2/c1-13(2)5-4-12(17-13)10-15-11-14(6-7-14)8-9-16-3/h12,15H,4-11H2,1-3H3. The molecular weight excluding hydrogens is 214 g/mol. The summed E-state index contributed by atoms with van der Waals surface area (Å²) in [5, 5.41) is 3.60. The summed E-state index contributed by atoms with van der Waals surface area (Å²) in [6.45, 7) is 7.42. The molecule has 1 unspecified atom stereocenters. The molecule has 1 atom stereocenters. The monoisotopic (exact) mass is 241 g/mol. The topological polar surface area (TPSA) is 30.5 Å². The largest absolute Gasteiger partial charge is 0.385 e. The van der Waals surface area contributed by atoms with Crippen LogP contribution in [0.15, 0.2) is 0 Å². The van der Waals surface area contributed by atoms with Crippen LogP contribution in [0.5, 0.6) is 0 Å². The van der Waals surface area contributed by atoms with E-state index >= 15 is 0 Å². The van der Waals surface area contributed by atoms with Crippen LogP contribution < -0.4 is 5.32 Å². The highest BCUT2D eigenvalue weighted by Crippen LogP contribution is 2.48. The molecular formula is C14H27NO2. The summed E-state index contributed by atoms with van der Waals surface area (Å²) in [6, 6.07) is 0. The molecule has 3 nitrogen and oxygen atoms in total. The quantitative estimate of drug-likeness (QED) is 0.742. The molecule has 0 radical (unpaired) electrons. The normalized spacial score (nSPS) is 29.5. The first-order chi connectivity index (χ1) is 8.05. The summed E-state index contributed by atoms with van der Waals surface area (Å²) in [5.41, 5.74) is 0.643. The van der Waals surface area contributed by atoms with Crippen LogP contribution in [0.2, 0.25) is 0 Å². The fourth-order valence-corrected chi connectivity index (χ4v) is 2.73. The van der Waals surface area contributed by atoms with Gasteiger partial charge in [-0.15, -0.1) is 0 Å². The molecule has 0 spiro atoms. The van der Waals surface area contributed by atoms with Crippen LogP contribution in [-0.4, -0.2) is 38.5 Å². The Morgan fingerprint density at radius 2 is 2.06 bits per heavy atom. The van der Waals surface area contributed by atoms with Gasteiger partial charge in [-0.2, -0.15) is 0 Å². The van der Waals surface area contributed by atoms with Crippen LogP contribution in [0.25, 0.3) is 0 Å². The van der Waals surface area contributed by atoms with Gasteiger partial charge in [0.15, 0.2) is 0 Å². The van der Waals surface area contributed by atoms with Crippen LogP contribution in [0.3, 0.4) is 0 Å². The fourth-order valence-electron chi connectivity index (χ4n) is 2.73. The maximum absolute atomic E-state index is 5.98. The number of ether oxygens (including phenoxy) is 2. The Kier molecular flexibility index (Phi) is 4.11. The van der Waals surface area contributed by atoms with E-state index in [-0.39, 0.29) is 5.60 Å². The molecule has 0 aromatic carbocycles. The van der Waals surface area contributed by atoms with E-state index in [1.165, 1.54) is 32.1 Å². The molecule has 1 saturated heterocycles. The van der Waals surface area contributed by atoms with Crippen LogP contribution in [-0.2, 0) is 9.47 Å². The summed E-state index contributed by atoms with van der Waals surface area (Å²) in [6.07, 6.45) is 6.73. The predicted molar refractivity (Wildman–Crippen MR) is 69.2 cm³/mol. The lowest BCUT2D eigenvalue weighted by atomic mass is 10.0. The molecule has 17 heavy (non-hydrogen) atoms. The van der Waals surface area contributed by atoms with E-state index in [0.717, 1.165) is 19.7 Å². The Balaban J connectivity index is 1.60. The Hall–Kier alpha value is -0.120. The maximum Gasteiger partial charge on any atom is 0.0707 e. The van der Waals surface area contributed by atoms with Crippen molar-refractivity contribution in [2.45, 2.75) is 57.7 Å². The molecule has 0 amide bonds. The van der Waals surface area contributed by atoms with E-state index in [9.17, 15) is 0 Å². The predicted octanol–water partition coefficient (Wildman–Crippen LogP) is 2.35. The Morgan fingerprint density at radius 3 is 2.59 bits per heavy atom. The zero-order valence-electron chi connectivity index (χ0n) is 11.6. The number of nitrogens with one attached hydrogen (secondary N) is 1. The molecule has 1 N–H and O–H groups in total. The van der Waals surface area contributed by atoms with Gasteiger partial charge in [-0.25, -0.2) is 0 Å². The lowest BCUT2D eigenvalue weighted by Crippen LogP contribution is -2.33. The molecule has 0 aromatic heterocycles. The Labute approximate surface area is 105 Å². The summed E-state index contributed by atoms with van der Waals surface area (Å²) in [5.74, 6) is 0. The van der Waals surface area contributed by atoms with Gasteiger partial charge in [-0.1, -0.05) is 0 Å². The van der Waals surface area contributed by atoms with Crippen LogP contribution in [0, 0.1) is 5.41 Å². The highest BCUT2D eigenvalue weighted by atomic mass is 16.5. The van der Waals surface area contributed by atoms with Gasteiger partial charge in [0.05, 0.1) is 11.7 Å². The first-order valence-corrected chi connectivity index (χ1v) is 6.93. The zero-order valence-corrected chi connectivity index (χ0v) is 11.6. The number of methoxy groups -OCH3 is 1. The lowest BCUT2D eigenvalue weighted by molar-refractivity contribution is -0.0146. The summed E-state index contributed by atoms with van der Waals surface area (Å²) in [4.78, 5) is 0. The highest BCUT2D eigenvalue weighted by molar-refractivity contribution is 4.95. The van der Waals surface area contributed by atoms with Gasteiger partial charge in [0.2, 0.25) is 0 Å². The minimum atomic E-state index is 0.0969. The van der Waals surface area contributed by atoms with E-state index in [1.54, 1.807) is 7.11 Å². The summed E-state index contributed by atoms with van der Waals surface area (Å²) >= 11 is 0. The fraction of sp³-hybridized carbons (Fsp3) is 1.00. The van der Waals surface area contributed by atoms with Crippen LogP contribution >= 0.6 is 0 Å². The minimum absolute atomic E-state index is 0.0969. The van der Waals surface area contributed by atoms with Crippen molar-refractivity contribution < 1.29 is 9.47 Å². The van der Waals surface area contributed by atoms with Gasteiger partial charge in [0.25, 0.3) is 0 Å². The molecule has 100 valence electrons. The SMILES string of the molecule is COCCC1(CNCC2CCC(C)(C)O2)CC1. The van der Waals surface area contributed by atoms with Crippen LogP contribution in [0.4, 0.5) is 0 Å². The number of hydrogen-bond donors (Lipinski definition) is 1. The van der Waals surface area contributed by atoms with E-state index in [0.29, 0.717) is 11.5 Å². The van der Waals surface area contributed by atoms with Crippen molar-refractivity contribution in [1.29, 1.82) is 0 Å². The molecule has 1 heterocycles.